The Bertz CT molecular complexity index is 1080. The van der Waals surface area contributed by atoms with E-state index in [1.165, 1.54) is 27.4 Å². The molecule has 0 aromatic heterocycles. The highest BCUT2D eigenvalue weighted by Crippen LogP contribution is 2.48. The van der Waals surface area contributed by atoms with Crippen LogP contribution in [-0.2, 0) is 27.1 Å². The van der Waals surface area contributed by atoms with E-state index in [1.54, 1.807) is 18.2 Å². The van der Waals surface area contributed by atoms with Crippen molar-refractivity contribution in [2.24, 2.45) is 5.92 Å². The zero-order valence-electron chi connectivity index (χ0n) is 22.7. The Morgan fingerprint density at radius 1 is 1.11 bits per heavy atom. The summed E-state index contributed by atoms with van der Waals surface area (Å²) in [6, 6.07) is 8.32. The fourth-order valence-electron chi connectivity index (χ4n) is 5.59. The molecular weight excluding hydrogens is 480 g/mol. The predicted molar refractivity (Wildman–Crippen MR) is 138 cm³/mol. The van der Waals surface area contributed by atoms with E-state index in [4.69, 9.17) is 18.9 Å². The van der Waals surface area contributed by atoms with Crippen LogP contribution in [-0.4, -0.2) is 64.5 Å². The number of ether oxygens (including phenoxy) is 4. The molecule has 1 aliphatic rings. The quantitative estimate of drug-likeness (QED) is 0.361. The highest BCUT2D eigenvalue weighted by molar-refractivity contribution is 5.71. The second-order valence-corrected chi connectivity index (χ2v) is 10.1. The third kappa shape index (κ3) is 6.60. The lowest BCUT2D eigenvalue weighted by molar-refractivity contribution is -0.172. The largest absolute Gasteiger partial charge is 0.493 e. The first-order chi connectivity index (χ1) is 17.7. The van der Waals surface area contributed by atoms with Crippen LogP contribution in [0.5, 0.6) is 11.5 Å². The van der Waals surface area contributed by atoms with E-state index < -0.39 is 17.4 Å². The van der Waals surface area contributed by atoms with E-state index in [0.717, 1.165) is 11.1 Å². The van der Waals surface area contributed by atoms with Crippen LogP contribution in [0, 0.1) is 17.6 Å². The van der Waals surface area contributed by atoms with Gasteiger partial charge in [-0.05, 0) is 67.1 Å². The molecule has 0 aliphatic heterocycles. The van der Waals surface area contributed by atoms with Gasteiger partial charge in [-0.1, -0.05) is 26.0 Å². The van der Waals surface area contributed by atoms with Crippen molar-refractivity contribution in [2.45, 2.75) is 51.0 Å². The lowest BCUT2D eigenvalue weighted by atomic mass is 9.65. The average molecular weight is 520 g/mol. The summed E-state index contributed by atoms with van der Waals surface area (Å²) in [4.78, 5) is 14.8. The van der Waals surface area contributed by atoms with Gasteiger partial charge in [0.1, 0.15) is 18.0 Å². The minimum absolute atomic E-state index is 0.0886. The van der Waals surface area contributed by atoms with Crippen molar-refractivity contribution < 1.29 is 32.5 Å². The van der Waals surface area contributed by atoms with Gasteiger partial charge in [0.2, 0.25) is 0 Å². The van der Waals surface area contributed by atoms with Gasteiger partial charge in [0.05, 0.1) is 14.2 Å². The number of rotatable bonds is 12. The summed E-state index contributed by atoms with van der Waals surface area (Å²) in [5, 5.41) is 0. The van der Waals surface area contributed by atoms with E-state index in [1.807, 2.05) is 13.1 Å². The molecule has 0 saturated heterocycles. The number of methoxy groups -OCH3 is 3. The molecule has 204 valence electrons. The molecule has 0 spiro atoms. The Balaban J connectivity index is 1.79. The maximum Gasteiger partial charge on any atom is 0.332 e. The van der Waals surface area contributed by atoms with Crippen molar-refractivity contribution in [2.75, 3.05) is 48.1 Å². The van der Waals surface area contributed by atoms with Crippen LogP contribution in [0.4, 0.5) is 8.78 Å². The molecule has 0 heterocycles. The van der Waals surface area contributed by atoms with Crippen LogP contribution >= 0.6 is 0 Å². The summed E-state index contributed by atoms with van der Waals surface area (Å²) in [5.74, 6) is -0.560. The Labute approximate surface area is 218 Å². The molecule has 37 heavy (non-hydrogen) atoms. The van der Waals surface area contributed by atoms with E-state index in [2.05, 4.69) is 18.7 Å². The van der Waals surface area contributed by atoms with Crippen molar-refractivity contribution in [1.29, 1.82) is 0 Å². The summed E-state index contributed by atoms with van der Waals surface area (Å²) in [6.07, 6.45) is 2.29. The number of fused-ring (bicyclic) bond motifs is 1. The monoisotopic (exact) mass is 519 g/mol. The summed E-state index contributed by atoms with van der Waals surface area (Å²) >= 11 is 0. The van der Waals surface area contributed by atoms with Crippen LogP contribution in [0.25, 0.3) is 0 Å². The van der Waals surface area contributed by atoms with Gasteiger partial charge in [-0.15, -0.1) is 0 Å². The van der Waals surface area contributed by atoms with E-state index in [-0.39, 0.29) is 30.0 Å². The number of nitrogens with zero attached hydrogens (tertiary/aromatic N) is 1. The van der Waals surface area contributed by atoms with Crippen LogP contribution < -0.4 is 9.47 Å². The van der Waals surface area contributed by atoms with Crippen molar-refractivity contribution in [3.05, 3.63) is 58.7 Å². The van der Waals surface area contributed by atoms with Gasteiger partial charge >= 0.3 is 5.97 Å². The second-order valence-electron chi connectivity index (χ2n) is 10.1. The van der Waals surface area contributed by atoms with Gasteiger partial charge in [0.15, 0.2) is 17.3 Å². The highest BCUT2D eigenvalue weighted by atomic mass is 19.1. The maximum atomic E-state index is 14.9. The molecule has 0 bridgehead atoms. The number of esters is 1. The number of carbonyl (C=O) groups excluding carboxylic acids is 1. The molecule has 2 aromatic carbocycles. The summed E-state index contributed by atoms with van der Waals surface area (Å²) in [6.45, 7) is 5.31. The number of hydrogen-bond donors (Lipinski definition) is 0. The van der Waals surface area contributed by atoms with Gasteiger partial charge in [-0.25, -0.2) is 13.6 Å². The van der Waals surface area contributed by atoms with Crippen LogP contribution in [0.1, 0.15) is 49.3 Å². The van der Waals surface area contributed by atoms with E-state index in [9.17, 15) is 13.6 Å². The van der Waals surface area contributed by atoms with Crippen LogP contribution in [0.3, 0.4) is 0 Å². The molecule has 0 radical (unpaired) electrons. The van der Waals surface area contributed by atoms with Gasteiger partial charge in [-0.2, -0.15) is 0 Å². The first kappa shape index (κ1) is 28.9. The molecule has 6 nitrogen and oxygen atoms in total. The summed E-state index contributed by atoms with van der Waals surface area (Å²) in [5.41, 5.74) is 1.79. The van der Waals surface area contributed by atoms with E-state index >= 15 is 0 Å². The standard InChI is InChI=1S/C29H39F2NO5/c1-19(2)26-23-9-8-22(30)17-21(23)11-13-29(26,37-25(33)18-34-4)14-16-32(3)15-12-20-7-10-24(35-5)28(36-6)27(20)31/h7-10,17,19,26H,11-16,18H2,1-6H3/t26-,29-/m1/s1. The molecule has 8 heteroatoms. The number of carbonyl (C=O) groups is 1. The molecule has 0 fully saturated rings. The molecule has 0 saturated carbocycles. The lowest BCUT2D eigenvalue weighted by Crippen LogP contribution is -2.49. The highest BCUT2D eigenvalue weighted by Gasteiger charge is 2.47. The van der Waals surface area contributed by atoms with Gasteiger partial charge in [0.25, 0.3) is 0 Å². The topological polar surface area (TPSA) is 57.2 Å². The van der Waals surface area contributed by atoms with Crippen molar-refractivity contribution in [3.8, 4) is 11.5 Å². The van der Waals surface area contributed by atoms with Gasteiger partial charge < -0.3 is 23.8 Å². The molecule has 0 N–H and O–H groups in total. The SMILES string of the molecule is COCC(=O)O[C@@]1(CCN(C)CCc2ccc(OC)c(OC)c2F)CCc2cc(F)ccc2[C@H]1C(C)C. The lowest BCUT2D eigenvalue weighted by Gasteiger charge is -2.47. The number of benzene rings is 2. The Kier molecular flexibility index (Phi) is 9.90. The summed E-state index contributed by atoms with van der Waals surface area (Å²) < 4.78 is 50.5. The Morgan fingerprint density at radius 3 is 2.51 bits per heavy atom. The molecule has 2 atom stereocenters. The molecule has 0 unspecified atom stereocenters. The van der Waals surface area contributed by atoms with Crippen molar-refractivity contribution >= 4 is 5.97 Å². The maximum absolute atomic E-state index is 14.9. The molecule has 0 amide bonds. The number of hydrogen-bond acceptors (Lipinski definition) is 6. The van der Waals surface area contributed by atoms with Crippen molar-refractivity contribution in [3.63, 3.8) is 0 Å². The van der Waals surface area contributed by atoms with Gasteiger partial charge in [0, 0.05) is 32.5 Å². The zero-order valence-corrected chi connectivity index (χ0v) is 22.7. The third-order valence-electron chi connectivity index (χ3n) is 7.31. The number of halogens is 2. The fourth-order valence-corrected chi connectivity index (χ4v) is 5.59. The average Bonchev–Trinajstić information content (AvgIpc) is 2.86. The third-order valence-corrected chi connectivity index (χ3v) is 7.31. The van der Waals surface area contributed by atoms with Gasteiger partial charge in [-0.3, -0.25) is 0 Å². The first-order valence-corrected chi connectivity index (χ1v) is 12.7. The molecular formula is C29H39F2NO5. The zero-order chi connectivity index (χ0) is 27.2. The van der Waals surface area contributed by atoms with Crippen LogP contribution in [0.15, 0.2) is 30.3 Å². The fraction of sp³-hybridized carbons (Fsp3) is 0.552. The van der Waals surface area contributed by atoms with E-state index in [0.29, 0.717) is 50.1 Å². The number of likely N-dealkylation sites (N-methyl/N-ethyl adjacent to an activating group) is 1. The Hall–Kier alpha value is -2.71. The minimum Gasteiger partial charge on any atom is -0.493 e. The predicted octanol–water partition coefficient (Wildman–Crippen LogP) is 5.16. The van der Waals surface area contributed by atoms with Crippen LogP contribution in [0.2, 0.25) is 0 Å². The second kappa shape index (κ2) is 12.7. The molecule has 1 aliphatic carbocycles. The first-order valence-electron chi connectivity index (χ1n) is 12.7. The minimum atomic E-state index is -0.753. The molecule has 2 aromatic rings. The Morgan fingerprint density at radius 2 is 1.86 bits per heavy atom. The molecule has 3 rings (SSSR count). The summed E-state index contributed by atoms with van der Waals surface area (Å²) in [7, 11) is 6.33. The normalized spacial score (nSPS) is 19.1. The number of aryl methyl sites for hydroxylation is 1. The smallest absolute Gasteiger partial charge is 0.332 e. The van der Waals surface area contributed by atoms with Crippen molar-refractivity contribution in [1.82, 2.24) is 4.90 Å².